The highest BCUT2D eigenvalue weighted by Gasteiger charge is 2.25. The van der Waals surface area contributed by atoms with Crippen molar-refractivity contribution in [1.82, 2.24) is 10.3 Å². The van der Waals surface area contributed by atoms with E-state index in [1.807, 2.05) is 0 Å². The lowest BCUT2D eigenvalue weighted by atomic mass is 9.91. The summed E-state index contributed by atoms with van der Waals surface area (Å²) in [4.78, 5) is 5.82. The molecule has 1 N–H and O–H groups in total. The second-order valence-electron chi connectivity index (χ2n) is 5.92. The van der Waals surface area contributed by atoms with Gasteiger partial charge in [-0.3, -0.25) is 0 Å². The summed E-state index contributed by atoms with van der Waals surface area (Å²) in [5.74, 6) is -0.327. The van der Waals surface area contributed by atoms with Crippen molar-refractivity contribution >= 4 is 22.9 Å². The molecule has 0 spiro atoms. The monoisotopic (exact) mass is 326 g/mol. The van der Waals surface area contributed by atoms with Crippen molar-refractivity contribution in [2.45, 2.75) is 39.7 Å². The molecule has 0 atom stereocenters. The van der Waals surface area contributed by atoms with Gasteiger partial charge in [-0.15, -0.1) is 11.3 Å². The molecule has 0 bridgehead atoms. The smallest absolute Gasteiger partial charge is 0.134 e. The van der Waals surface area contributed by atoms with Crippen molar-refractivity contribution in [3.8, 4) is 10.6 Å². The lowest BCUT2D eigenvalue weighted by molar-refractivity contribution is 0.561. The molecular weight excluding hydrogens is 307 g/mol. The lowest BCUT2D eigenvalue weighted by Gasteiger charge is -2.17. The first kappa shape index (κ1) is 16.4. The van der Waals surface area contributed by atoms with Gasteiger partial charge >= 0.3 is 0 Å². The van der Waals surface area contributed by atoms with E-state index in [9.17, 15) is 4.39 Å². The molecule has 2 rings (SSSR count). The van der Waals surface area contributed by atoms with Crippen LogP contribution in [-0.4, -0.2) is 11.5 Å². The van der Waals surface area contributed by atoms with Crippen LogP contribution in [0.25, 0.3) is 10.6 Å². The second-order valence-corrected chi connectivity index (χ2v) is 7.41. The van der Waals surface area contributed by atoms with E-state index in [4.69, 9.17) is 11.6 Å². The second kappa shape index (κ2) is 6.42. The summed E-state index contributed by atoms with van der Waals surface area (Å²) in [6, 6.07) is 4.73. The Labute approximate surface area is 134 Å². The van der Waals surface area contributed by atoms with E-state index in [0.29, 0.717) is 15.6 Å². The zero-order chi connectivity index (χ0) is 15.6. The summed E-state index contributed by atoms with van der Waals surface area (Å²) >= 11 is 7.66. The van der Waals surface area contributed by atoms with Crippen molar-refractivity contribution in [3.63, 3.8) is 0 Å². The molecule has 0 aliphatic carbocycles. The first-order valence-corrected chi connectivity index (χ1v) is 8.19. The van der Waals surface area contributed by atoms with Crippen molar-refractivity contribution < 1.29 is 4.39 Å². The molecule has 0 radical (unpaired) electrons. The van der Waals surface area contributed by atoms with Gasteiger partial charge in [-0.25, -0.2) is 9.37 Å². The van der Waals surface area contributed by atoms with Gasteiger partial charge in [0.1, 0.15) is 10.8 Å². The molecule has 21 heavy (non-hydrogen) atoms. The highest BCUT2D eigenvalue weighted by atomic mass is 35.5. The van der Waals surface area contributed by atoms with Gasteiger partial charge in [0.15, 0.2) is 0 Å². The normalized spacial score (nSPS) is 11.9. The summed E-state index contributed by atoms with van der Waals surface area (Å²) < 4.78 is 14.1. The van der Waals surface area contributed by atoms with E-state index in [-0.39, 0.29) is 11.2 Å². The van der Waals surface area contributed by atoms with Gasteiger partial charge in [-0.1, -0.05) is 45.4 Å². The van der Waals surface area contributed by atoms with Crippen molar-refractivity contribution in [2.24, 2.45) is 0 Å². The van der Waals surface area contributed by atoms with Crippen molar-refractivity contribution in [1.29, 1.82) is 0 Å². The number of nitrogens with one attached hydrogen (secondary N) is 1. The molecule has 0 saturated carbocycles. The SMILES string of the molecule is CCNCc1sc(-c2c(F)cccc2Cl)nc1C(C)(C)C. The number of benzene rings is 1. The number of aromatic nitrogens is 1. The van der Waals surface area contributed by atoms with Gasteiger partial charge in [0, 0.05) is 16.8 Å². The number of hydrogen-bond donors (Lipinski definition) is 1. The van der Waals surface area contributed by atoms with Crippen LogP contribution >= 0.6 is 22.9 Å². The summed E-state index contributed by atoms with van der Waals surface area (Å²) in [7, 11) is 0. The predicted molar refractivity (Wildman–Crippen MR) is 88.6 cm³/mol. The topological polar surface area (TPSA) is 24.9 Å². The fraction of sp³-hybridized carbons (Fsp3) is 0.438. The Kier molecular flexibility index (Phi) is 5.02. The maximum Gasteiger partial charge on any atom is 0.134 e. The number of thiazole rings is 1. The lowest BCUT2D eigenvalue weighted by Crippen LogP contribution is -2.18. The predicted octanol–water partition coefficient (Wildman–Crippen LogP) is 5.01. The fourth-order valence-corrected chi connectivity index (χ4v) is 3.72. The molecule has 2 aromatic rings. The fourth-order valence-electron chi connectivity index (χ4n) is 2.11. The third kappa shape index (κ3) is 3.62. The van der Waals surface area contributed by atoms with E-state index >= 15 is 0 Å². The molecule has 0 fully saturated rings. The van der Waals surface area contributed by atoms with Crippen molar-refractivity contribution in [2.75, 3.05) is 6.54 Å². The Balaban J connectivity index is 2.53. The largest absolute Gasteiger partial charge is 0.312 e. The van der Waals surface area contributed by atoms with Gasteiger partial charge in [-0.05, 0) is 18.7 Å². The standard InChI is InChI=1S/C16H20ClFN2S/c1-5-19-9-12-14(16(2,3)4)20-15(21-12)13-10(17)7-6-8-11(13)18/h6-8,19H,5,9H2,1-4H3. The van der Waals surface area contributed by atoms with Gasteiger partial charge in [0.05, 0.1) is 16.3 Å². The van der Waals surface area contributed by atoms with Crippen molar-refractivity contribution in [3.05, 3.63) is 39.6 Å². The Morgan fingerprint density at radius 1 is 1.33 bits per heavy atom. The summed E-state index contributed by atoms with van der Waals surface area (Å²) in [6.45, 7) is 10.0. The molecule has 0 saturated heterocycles. The number of halogens is 2. The molecule has 114 valence electrons. The van der Waals surface area contributed by atoms with Gasteiger partial charge in [-0.2, -0.15) is 0 Å². The van der Waals surface area contributed by atoms with Crippen LogP contribution in [0.3, 0.4) is 0 Å². The third-order valence-corrected chi connectivity index (χ3v) is 4.51. The molecule has 5 heteroatoms. The molecule has 1 aromatic carbocycles. The quantitative estimate of drug-likeness (QED) is 0.854. The minimum absolute atomic E-state index is 0.0861. The zero-order valence-electron chi connectivity index (χ0n) is 12.8. The van der Waals surface area contributed by atoms with Crippen LogP contribution in [0.15, 0.2) is 18.2 Å². The van der Waals surface area contributed by atoms with E-state index < -0.39 is 0 Å². The highest BCUT2D eigenvalue weighted by Crippen LogP contribution is 2.38. The Hall–Kier alpha value is -0.970. The minimum atomic E-state index is -0.327. The first-order chi connectivity index (χ1) is 9.84. The van der Waals surface area contributed by atoms with Crippen LogP contribution in [0.4, 0.5) is 4.39 Å². The zero-order valence-corrected chi connectivity index (χ0v) is 14.3. The van der Waals surface area contributed by atoms with Crippen LogP contribution < -0.4 is 5.32 Å². The molecule has 0 unspecified atom stereocenters. The molecule has 1 aromatic heterocycles. The van der Waals surface area contributed by atoms with E-state index in [1.54, 1.807) is 12.1 Å². The van der Waals surface area contributed by atoms with E-state index in [2.05, 4.69) is 38.0 Å². The van der Waals surface area contributed by atoms with Crippen LogP contribution in [0.1, 0.15) is 38.3 Å². The maximum atomic E-state index is 14.1. The van der Waals surface area contributed by atoms with Crippen LogP contribution in [-0.2, 0) is 12.0 Å². The minimum Gasteiger partial charge on any atom is -0.312 e. The van der Waals surface area contributed by atoms with Crippen LogP contribution in [0.5, 0.6) is 0 Å². The Bertz CT molecular complexity index is 611. The van der Waals surface area contributed by atoms with Gasteiger partial charge < -0.3 is 5.32 Å². The first-order valence-electron chi connectivity index (χ1n) is 7.00. The number of nitrogens with zero attached hydrogens (tertiary/aromatic N) is 1. The molecule has 2 nitrogen and oxygen atoms in total. The Morgan fingerprint density at radius 3 is 2.62 bits per heavy atom. The van der Waals surface area contributed by atoms with Crippen LogP contribution in [0, 0.1) is 5.82 Å². The molecule has 0 aliphatic heterocycles. The Morgan fingerprint density at radius 2 is 2.05 bits per heavy atom. The molecule has 0 aliphatic rings. The molecule has 1 heterocycles. The van der Waals surface area contributed by atoms with Crippen LogP contribution in [0.2, 0.25) is 5.02 Å². The summed E-state index contributed by atoms with van der Waals surface area (Å²) in [6.07, 6.45) is 0. The maximum absolute atomic E-state index is 14.1. The highest BCUT2D eigenvalue weighted by molar-refractivity contribution is 7.15. The van der Waals surface area contributed by atoms with E-state index in [0.717, 1.165) is 23.7 Å². The summed E-state index contributed by atoms with van der Waals surface area (Å²) in [5.41, 5.74) is 1.32. The number of hydrogen-bond acceptors (Lipinski definition) is 3. The van der Waals surface area contributed by atoms with Gasteiger partial charge in [0.2, 0.25) is 0 Å². The summed E-state index contributed by atoms with van der Waals surface area (Å²) in [5, 5.41) is 4.37. The molecule has 0 amide bonds. The van der Waals surface area contributed by atoms with E-state index in [1.165, 1.54) is 17.4 Å². The average molecular weight is 327 g/mol. The van der Waals surface area contributed by atoms with Gasteiger partial charge in [0.25, 0.3) is 0 Å². The average Bonchev–Trinajstić information content (AvgIpc) is 2.80. The number of rotatable bonds is 4. The molecular formula is C16H20ClFN2S. The third-order valence-electron chi connectivity index (χ3n) is 3.12.